The minimum atomic E-state index is -0.663. The van der Waals surface area contributed by atoms with Crippen LogP contribution < -0.4 is 11.5 Å². The highest BCUT2D eigenvalue weighted by molar-refractivity contribution is 5.26. The number of aromatic nitrogens is 1. The Morgan fingerprint density at radius 1 is 1.69 bits per heavy atom. The summed E-state index contributed by atoms with van der Waals surface area (Å²) in [6.07, 6.45) is 1.36. The van der Waals surface area contributed by atoms with E-state index >= 15 is 0 Å². The van der Waals surface area contributed by atoms with Gasteiger partial charge in [-0.05, 0) is 11.6 Å². The predicted octanol–water partition coefficient (Wildman–Crippen LogP) is 0.0509. The average molecular weight is 180 g/mol. The van der Waals surface area contributed by atoms with E-state index in [9.17, 15) is 4.39 Å². The second kappa shape index (κ2) is 3.94. The highest BCUT2D eigenvalue weighted by Gasteiger charge is 2.08. The lowest BCUT2D eigenvalue weighted by atomic mass is 10.1. The topological polar surface area (TPSA) is 88.7 Å². The van der Waals surface area contributed by atoms with Crippen LogP contribution in [0.1, 0.15) is 17.3 Å². The number of nitrogens with two attached hydrogens (primary N) is 2. The van der Waals surface area contributed by atoms with Crippen molar-refractivity contribution >= 4 is 0 Å². The van der Waals surface area contributed by atoms with E-state index < -0.39 is 11.9 Å². The molecular formula is C8H9FN4. The lowest BCUT2D eigenvalue weighted by molar-refractivity contribution is 0.607. The quantitative estimate of drug-likeness (QED) is 0.673. The fraction of sp³-hybridized carbons (Fsp3) is 0.250. The van der Waals surface area contributed by atoms with Gasteiger partial charge in [0.1, 0.15) is 6.07 Å². The Bertz CT molecular complexity index is 344. The molecule has 0 aromatic carbocycles. The molecule has 1 aromatic heterocycles. The SMILES string of the molecule is N#Cc1ncc([C@@H](N)CN)cc1F. The summed E-state index contributed by atoms with van der Waals surface area (Å²) < 4.78 is 13.0. The Morgan fingerprint density at radius 3 is 2.85 bits per heavy atom. The van der Waals surface area contributed by atoms with E-state index in [0.717, 1.165) is 0 Å². The van der Waals surface area contributed by atoms with Gasteiger partial charge < -0.3 is 11.5 Å². The van der Waals surface area contributed by atoms with Crippen LogP contribution in [0.25, 0.3) is 0 Å². The molecule has 1 heterocycles. The molecular weight excluding hydrogens is 171 g/mol. The van der Waals surface area contributed by atoms with E-state index in [1.54, 1.807) is 6.07 Å². The molecule has 0 radical (unpaired) electrons. The molecule has 0 bridgehead atoms. The maximum Gasteiger partial charge on any atom is 0.176 e. The van der Waals surface area contributed by atoms with Crippen molar-refractivity contribution in [3.8, 4) is 6.07 Å². The first-order valence-electron chi connectivity index (χ1n) is 3.70. The van der Waals surface area contributed by atoms with Gasteiger partial charge in [-0.3, -0.25) is 0 Å². The molecule has 4 nitrogen and oxygen atoms in total. The van der Waals surface area contributed by atoms with Gasteiger partial charge in [0.05, 0.1) is 0 Å². The molecule has 0 aliphatic heterocycles. The first kappa shape index (κ1) is 9.58. The Balaban J connectivity index is 3.04. The summed E-state index contributed by atoms with van der Waals surface area (Å²) in [4.78, 5) is 3.59. The van der Waals surface area contributed by atoms with Gasteiger partial charge in [0.2, 0.25) is 0 Å². The number of hydrogen-bond acceptors (Lipinski definition) is 4. The van der Waals surface area contributed by atoms with Crippen molar-refractivity contribution in [2.75, 3.05) is 6.54 Å². The molecule has 0 unspecified atom stereocenters. The highest BCUT2D eigenvalue weighted by atomic mass is 19.1. The summed E-state index contributed by atoms with van der Waals surface area (Å²) >= 11 is 0. The van der Waals surface area contributed by atoms with Crippen molar-refractivity contribution in [2.24, 2.45) is 11.5 Å². The molecule has 1 aromatic rings. The average Bonchev–Trinajstić information content (AvgIpc) is 2.16. The summed E-state index contributed by atoms with van der Waals surface area (Å²) in [7, 11) is 0. The normalized spacial score (nSPS) is 12.2. The van der Waals surface area contributed by atoms with E-state index in [1.807, 2.05) is 0 Å². The van der Waals surface area contributed by atoms with Crippen LogP contribution >= 0.6 is 0 Å². The number of rotatable bonds is 2. The third-order valence-corrected chi connectivity index (χ3v) is 1.65. The number of pyridine rings is 1. The Labute approximate surface area is 75.0 Å². The fourth-order valence-corrected chi connectivity index (χ4v) is 0.874. The van der Waals surface area contributed by atoms with Gasteiger partial charge in [-0.2, -0.15) is 5.26 Å². The molecule has 5 heteroatoms. The second-order valence-corrected chi connectivity index (χ2v) is 2.55. The van der Waals surface area contributed by atoms with E-state index in [4.69, 9.17) is 16.7 Å². The van der Waals surface area contributed by atoms with Crippen molar-refractivity contribution in [3.63, 3.8) is 0 Å². The number of halogens is 1. The standard InChI is InChI=1S/C8H9FN4/c9-6-1-5(7(12)2-10)4-13-8(6)3-11/h1,4,7H,2,10,12H2/t7-/m0/s1. The summed E-state index contributed by atoms with van der Waals surface area (Å²) in [5, 5.41) is 8.40. The van der Waals surface area contributed by atoms with Gasteiger partial charge in [0, 0.05) is 18.8 Å². The summed E-state index contributed by atoms with van der Waals surface area (Å²) in [5.41, 5.74) is 11.1. The van der Waals surface area contributed by atoms with Crippen molar-refractivity contribution in [2.45, 2.75) is 6.04 Å². The smallest absolute Gasteiger partial charge is 0.176 e. The van der Waals surface area contributed by atoms with Crippen molar-refractivity contribution in [1.82, 2.24) is 4.98 Å². The van der Waals surface area contributed by atoms with Gasteiger partial charge in [0.15, 0.2) is 11.5 Å². The minimum Gasteiger partial charge on any atom is -0.329 e. The van der Waals surface area contributed by atoms with Gasteiger partial charge in [-0.15, -0.1) is 0 Å². The molecule has 13 heavy (non-hydrogen) atoms. The first-order chi connectivity index (χ1) is 6.19. The fourth-order valence-electron chi connectivity index (χ4n) is 0.874. The second-order valence-electron chi connectivity index (χ2n) is 2.55. The largest absolute Gasteiger partial charge is 0.329 e. The van der Waals surface area contributed by atoms with Crippen LogP contribution in [-0.2, 0) is 0 Å². The summed E-state index contributed by atoms with van der Waals surface area (Å²) in [5.74, 6) is -0.663. The van der Waals surface area contributed by atoms with E-state index in [-0.39, 0.29) is 12.2 Å². The zero-order chi connectivity index (χ0) is 9.84. The molecule has 0 amide bonds. The van der Waals surface area contributed by atoms with Gasteiger partial charge in [-0.1, -0.05) is 0 Å². The zero-order valence-corrected chi connectivity index (χ0v) is 6.87. The van der Waals surface area contributed by atoms with Gasteiger partial charge in [0.25, 0.3) is 0 Å². The van der Waals surface area contributed by atoms with Crippen LogP contribution in [0.5, 0.6) is 0 Å². The molecule has 1 atom stereocenters. The van der Waals surface area contributed by atoms with Crippen molar-refractivity contribution < 1.29 is 4.39 Å². The Kier molecular flexibility index (Phi) is 2.90. The van der Waals surface area contributed by atoms with E-state index in [2.05, 4.69) is 4.98 Å². The summed E-state index contributed by atoms with van der Waals surface area (Å²) in [6.45, 7) is 0.215. The Morgan fingerprint density at radius 2 is 2.38 bits per heavy atom. The molecule has 0 saturated heterocycles. The molecule has 1 rings (SSSR count). The third-order valence-electron chi connectivity index (χ3n) is 1.65. The molecule has 0 aliphatic rings. The molecule has 0 aliphatic carbocycles. The zero-order valence-electron chi connectivity index (χ0n) is 6.87. The number of nitriles is 1. The van der Waals surface area contributed by atoms with Crippen LogP contribution in [0, 0.1) is 17.1 Å². The van der Waals surface area contributed by atoms with E-state index in [1.165, 1.54) is 12.3 Å². The number of nitrogens with zero attached hydrogens (tertiary/aromatic N) is 2. The molecule has 0 fully saturated rings. The van der Waals surface area contributed by atoms with Crippen LogP contribution in [0.2, 0.25) is 0 Å². The van der Waals surface area contributed by atoms with Crippen LogP contribution in [-0.4, -0.2) is 11.5 Å². The minimum absolute atomic E-state index is 0.215. The third kappa shape index (κ3) is 1.99. The molecule has 68 valence electrons. The van der Waals surface area contributed by atoms with E-state index in [0.29, 0.717) is 5.56 Å². The first-order valence-corrected chi connectivity index (χ1v) is 3.70. The summed E-state index contributed by atoms with van der Waals surface area (Å²) in [6, 6.07) is 2.37. The molecule has 4 N–H and O–H groups in total. The highest BCUT2D eigenvalue weighted by Crippen LogP contribution is 2.11. The lowest BCUT2D eigenvalue weighted by Crippen LogP contribution is -2.21. The monoisotopic (exact) mass is 180 g/mol. The van der Waals surface area contributed by atoms with Crippen molar-refractivity contribution in [3.05, 3.63) is 29.3 Å². The maximum absolute atomic E-state index is 13.0. The van der Waals surface area contributed by atoms with Crippen LogP contribution in [0.15, 0.2) is 12.3 Å². The van der Waals surface area contributed by atoms with Crippen LogP contribution in [0.4, 0.5) is 4.39 Å². The van der Waals surface area contributed by atoms with Crippen LogP contribution in [0.3, 0.4) is 0 Å². The van der Waals surface area contributed by atoms with Gasteiger partial charge >= 0.3 is 0 Å². The molecule has 0 saturated carbocycles. The Hall–Kier alpha value is -1.51. The number of hydrogen-bond donors (Lipinski definition) is 2. The van der Waals surface area contributed by atoms with Crippen molar-refractivity contribution in [1.29, 1.82) is 5.26 Å². The predicted molar refractivity (Wildman–Crippen MR) is 44.9 cm³/mol. The molecule has 0 spiro atoms. The maximum atomic E-state index is 13.0. The van der Waals surface area contributed by atoms with Gasteiger partial charge in [-0.25, -0.2) is 9.37 Å². The lowest BCUT2D eigenvalue weighted by Gasteiger charge is -2.07.